The standard InChI is InChI=1S/C14H18BrNO3/c1-14(2,3)11(17)8-16-13(19)12(18)9-4-6-10(15)7-5-9/h4-7,11,17H,8H2,1-3H3,(H,16,19). The molecule has 19 heavy (non-hydrogen) atoms. The number of halogens is 1. The molecule has 4 nitrogen and oxygen atoms in total. The Kier molecular flexibility index (Phi) is 5.26. The monoisotopic (exact) mass is 327 g/mol. The van der Waals surface area contributed by atoms with E-state index in [2.05, 4.69) is 21.2 Å². The summed E-state index contributed by atoms with van der Waals surface area (Å²) in [7, 11) is 0. The molecular formula is C14H18BrNO3. The number of nitrogens with one attached hydrogen (secondary N) is 1. The molecule has 0 radical (unpaired) electrons. The molecule has 0 bridgehead atoms. The van der Waals surface area contributed by atoms with Crippen LogP contribution in [0.3, 0.4) is 0 Å². The highest BCUT2D eigenvalue weighted by Gasteiger charge is 2.24. The van der Waals surface area contributed by atoms with Gasteiger partial charge in [0.05, 0.1) is 6.10 Å². The molecule has 1 amide bonds. The van der Waals surface area contributed by atoms with Gasteiger partial charge >= 0.3 is 0 Å². The van der Waals surface area contributed by atoms with Gasteiger partial charge in [0, 0.05) is 16.6 Å². The van der Waals surface area contributed by atoms with Crippen LogP contribution >= 0.6 is 15.9 Å². The molecule has 1 aromatic rings. The summed E-state index contributed by atoms with van der Waals surface area (Å²) < 4.78 is 0.840. The summed E-state index contributed by atoms with van der Waals surface area (Å²) in [5.41, 5.74) is -0.0144. The minimum Gasteiger partial charge on any atom is -0.391 e. The van der Waals surface area contributed by atoms with Crippen molar-refractivity contribution in [2.24, 2.45) is 5.41 Å². The van der Waals surface area contributed by atoms with E-state index in [1.165, 1.54) is 0 Å². The van der Waals surface area contributed by atoms with Crippen molar-refractivity contribution in [3.63, 3.8) is 0 Å². The lowest BCUT2D eigenvalue weighted by Gasteiger charge is -2.25. The zero-order valence-corrected chi connectivity index (χ0v) is 12.8. The van der Waals surface area contributed by atoms with Crippen LogP contribution in [0.1, 0.15) is 31.1 Å². The van der Waals surface area contributed by atoms with Crippen LogP contribution < -0.4 is 5.32 Å². The molecule has 0 aliphatic heterocycles. The van der Waals surface area contributed by atoms with Gasteiger partial charge < -0.3 is 10.4 Å². The average molecular weight is 328 g/mol. The summed E-state index contributed by atoms with van der Waals surface area (Å²) >= 11 is 3.26. The van der Waals surface area contributed by atoms with E-state index < -0.39 is 17.8 Å². The van der Waals surface area contributed by atoms with Crippen LogP contribution in [0.15, 0.2) is 28.7 Å². The fraction of sp³-hybridized carbons (Fsp3) is 0.429. The Morgan fingerprint density at radius 2 is 1.79 bits per heavy atom. The molecule has 0 heterocycles. The second kappa shape index (κ2) is 6.30. The van der Waals surface area contributed by atoms with Gasteiger partial charge in [-0.2, -0.15) is 0 Å². The van der Waals surface area contributed by atoms with Gasteiger partial charge in [0.15, 0.2) is 0 Å². The predicted octanol–water partition coefficient (Wildman–Crippen LogP) is 2.16. The second-order valence-electron chi connectivity index (χ2n) is 5.43. The lowest BCUT2D eigenvalue weighted by atomic mass is 9.89. The average Bonchev–Trinajstić information content (AvgIpc) is 2.34. The smallest absolute Gasteiger partial charge is 0.292 e. The summed E-state index contributed by atoms with van der Waals surface area (Å²) in [5.74, 6) is -1.31. The van der Waals surface area contributed by atoms with Crippen molar-refractivity contribution in [2.75, 3.05) is 6.54 Å². The zero-order valence-electron chi connectivity index (χ0n) is 11.2. The molecule has 1 unspecified atom stereocenters. The number of carbonyl (C=O) groups is 2. The number of hydrogen-bond acceptors (Lipinski definition) is 3. The maximum absolute atomic E-state index is 11.8. The van der Waals surface area contributed by atoms with Crippen molar-refractivity contribution in [3.8, 4) is 0 Å². The van der Waals surface area contributed by atoms with Crippen molar-refractivity contribution in [2.45, 2.75) is 26.9 Å². The molecule has 104 valence electrons. The molecule has 0 aromatic heterocycles. The van der Waals surface area contributed by atoms with E-state index in [-0.39, 0.29) is 12.0 Å². The minimum atomic E-state index is -0.703. The summed E-state index contributed by atoms with van der Waals surface area (Å²) in [6, 6.07) is 6.55. The number of amides is 1. The van der Waals surface area contributed by atoms with Crippen molar-refractivity contribution < 1.29 is 14.7 Å². The number of aliphatic hydroxyl groups is 1. The first kappa shape index (κ1) is 15.9. The van der Waals surface area contributed by atoms with Crippen molar-refractivity contribution in [3.05, 3.63) is 34.3 Å². The van der Waals surface area contributed by atoms with Crippen LogP contribution in [-0.2, 0) is 4.79 Å². The number of benzene rings is 1. The van der Waals surface area contributed by atoms with E-state index in [1.54, 1.807) is 24.3 Å². The van der Waals surface area contributed by atoms with E-state index in [0.717, 1.165) is 4.47 Å². The van der Waals surface area contributed by atoms with E-state index in [9.17, 15) is 14.7 Å². The highest BCUT2D eigenvalue weighted by molar-refractivity contribution is 9.10. The number of ketones is 1. The van der Waals surface area contributed by atoms with E-state index in [0.29, 0.717) is 5.56 Å². The van der Waals surface area contributed by atoms with E-state index in [4.69, 9.17) is 0 Å². The molecule has 0 aliphatic rings. The SMILES string of the molecule is CC(C)(C)C(O)CNC(=O)C(=O)c1ccc(Br)cc1. The van der Waals surface area contributed by atoms with Gasteiger partial charge in [0.25, 0.3) is 5.91 Å². The molecule has 0 saturated carbocycles. The lowest BCUT2D eigenvalue weighted by molar-refractivity contribution is -0.117. The van der Waals surface area contributed by atoms with Gasteiger partial charge in [-0.05, 0) is 29.7 Å². The summed E-state index contributed by atoms with van der Waals surface area (Å²) in [6.07, 6.45) is -0.700. The molecule has 5 heteroatoms. The minimum absolute atomic E-state index is 0.0601. The fourth-order valence-corrected chi connectivity index (χ4v) is 1.57. The number of hydrogen-bond donors (Lipinski definition) is 2. The second-order valence-corrected chi connectivity index (χ2v) is 6.34. The Labute approximate surface area is 121 Å². The Morgan fingerprint density at radius 1 is 1.26 bits per heavy atom. The van der Waals surface area contributed by atoms with Crippen LogP contribution in [0.25, 0.3) is 0 Å². The van der Waals surface area contributed by atoms with Crippen LogP contribution in [0, 0.1) is 5.41 Å². The van der Waals surface area contributed by atoms with Crippen molar-refractivity contribution >= 4 is 27.6 Å². The van der Waals surface area contributed by atoms with Crippen LogP contribution in [0.5, 0.6) is 0 Å². The number of Topliss-reactive ketones (excluding diaryl/α,β-unsaturated/α-hetero) is 1. The quantitative estimate of drug-likeness (QED) is 0.657. The Balaban J connectivity index is 2.59. The van der Waals surface area contributed by atoms with Crippen LogP contribution in [0.4, 0.5) is 0 Å². The lowest BCUT2D eigenvalue weighted by Crippen LogP contribution is -2.41. The summed E-state index contributed by atoms with van der Waals surface area (Å²) in [6.45, 7) is 5.64. The molecule has 0 saturated heterocycles. The molecule has 0 aliphatic carbocycles. The zero-order chi connectivity index (χ0) is 14.6. The van der Waals surface area contributed by atoms with Crippen molar-refractivity contribution in [1.82, 2.24) is 5.32 Å². The third kappa shape index (κ3) is 4.76. The Morgan fingerprint density at radius 3 is 2.26 bits per heavy atom. The highest BCUT2D eigenvalue weighted by atomic mass is 79.9. The molecular weight excluding hydrogens is 310 g/mol. The third-order valence-electron chi connectivity index (χ3n) is 2.77. The molecule has 1 aromatic carbocycles. The normalized spacial score (nSPS) is 12.9. The Bertz CT molecular complexity index is 463. The number of aliphatic hydroxyl groups excluding tert-OH is 1. The summed E-state index contributed by atoms with van der Waals surface area (Å²) in [4.78, 5) is 23.5. The van der Waals surface area contributed by atoms with Gasteiger partial charge in [-0.1, -0.05) is 36.7 Å². The Hall–Kier alpha value is -1.20. The first-order chi connectivity index (χ1) is 8.71. The first-order valence-corrected chi connectivity index (χ1v) is 6.77. The summed E-state index contributed by atoms with van der Waals surface area (Å²) in [5, 5.41) is 12.2. The van der Waals surface area contributed by atoms with Crippen LogP contribution in [-0.4, -0.2) is 29.4 Å². The number of carbonyl (C=O) groups excluding carboxylic acids is 2. The van der Waals surface area contributed by atoms with Gasteiger partial charge in [0.1, 0.15) is 0 Å². The predicted molar refractivity (Wildman–Crippen MR) is 76.9 cm³/mol. The highest BCUT2D eigenvalue weighted by Crippen LogP contribution is 2.18. The van der Waals surface area contributed by atoms with Gasteiger partial charge in [-0.3, -0.25) is 9.59 Å². The molecule has 0 spiro atoms. The maximum atomic E-state index is 11.8. The number of rotatable bonds is 4. The topological polar surface area (TPSA) is 66.4 Å². The van der Waals surface area contributed by atoms with Crippen LogP contribution in [0.2, 0.25) is 0 Å². The van der Waals surface area contributed by atoms with Gasteiger partial charge in [-0.15, -0.1) is 0 Å². The van der Waals surface area contributed by atoms with E-state index in [1.807, 2.05) is 20.8 Å². The van der Waals surface area contributed by atoms with Gasteiger partial charge in [0.2, 0.25) is 5.78 Å². The first-order valence-electron chi connectivity index (χ1n) is 5.98. The molecule has 2 N–H and O–H groups in total. The fourth-order valence-electron chi connectivity index (χ4n) is 1.31. The van der Waals surface area contributed by atoms with E-state index >= 15 is 0 Å². The molecule has 1 atom stereocenters. The van der Waals surface area contributed by atoms with Gasteiger partial charge in [-0.25, -0.2) is 0 Å². The third-order valence-corrected chi connectivity index (χ3v) is 3.30. The maximum Gasteiger partial charge on any atom is 0.292 e. The van der Waals surface area contributed by atoms with Crippen molar-refractivity contribution in [1.29, 1.82) is 0 Å². The largest absolute Gasteiger partial charge is 0.391 e. The molecule has 0 fully saturated rings. The molecule has 1 rings (SSSR count).